The third-order valence-electron chi connectivity index (χ3n) is 3.88. The number of aromatic nitrogens is 2. The molecule has 1 heterocycles. The lowest BCUT2D eigenvalue weighted by Gasteiger charge is -2.12. The highest BCUT2D eigenvalue weighted by Crippen LogP contribution is 2.38. The van der Waals surface area contributed by atoms with Gasteiger partial charge in [0.15, 0.2) is 5.69 Å². The van der Waals surface area contributed by atoms with E-state index in [0.717, 1.165) is 10.2 Å². The largest absolute Gasteiger partial charge is 0.489 e. The minimum atomic E-state index is -4.58. The van der Waals surface area contributed by atoms with E-state index in [1.165, 1.54) is 19.3 Å². The van der Waals surface area contributed by atoms with Gasteiger partial charge in [-0.3, -0.25) is 4.68 Å². The van der Waals surface area contributed by atoms with Crippen molar-refractivity contribution >= 4 is 0 Å². The standard InChI is InChI=1S/C19H17F3N2O2/c1-24-10-17(18(23-24)19(20,21)22)16-8-7-15(9-14(16)11-25)26-12-13-5-3-2-4-6-13/h2-10,25H,11-12H2,1H3. The minimum Gasteiger partial charge on any atom is -0.489 e. The number of aliphatic hydroxyl groups excluding tert-OH is 1. The van der Waals surface area contributed by atoms with Crippen LogP contribution in [0.3, 0.4) is 0 Å². The minimum absolute atomic E-state index is 0.0707. The maximum Gasteiger partial charge on any atom is 0.435 e. The summed E-state index contributed by atoms with van der Waals surface area (Å²) in [6, 6.07) is 14.1. The monoisotopic (exact) mass is 362 g/mol. The van der Waals surface area contributed by atoms with Crippen molar-refractivity contribution in [2.24, 2.45) is 7.05 Å². The highest BCUT2D eigenvalue weighted by atomic mass is 19.4. The van der Waals surface area contributed by atoms with Crippen LogP contribution < -0.4 is 4.74 Å². The molecular formula is C19H17F3N2O2. The Balaban J connectivity index is 1.91. The highest BCUT2D eigenvalue weighted by Gasteiger charge is 2.37. The van der Waals surface area contributed by atoms with Gasteiger partial charge in [0.05, 0.1) is 6.61 Å². The van der Waals surface area contributed by atoms with Crippen LogP contribution in [0.1, 0.15) is 16.8 Å². The Morgan fingerprint density at radius 1 is 1.08 bits per heavy atom. The van der Waals surface area contributed by atoms with E-state index < -0.39 is 18.5 Å². The molecule has 3 aromatic rings. The van der Waals surface area contributed by atoms with E-state index in [1.807, 2.05) is 30.3 Å². The number of aliphatic hydroxyl groups is 1. The molecule has 1 aromatic heterocycles. The molecule has 4 nitrogen and oxygen atoms in total. The van der Waals surface area contributed by atoms with Gasteiger partial charge in [-0.25, -0.2) is 0 Å². The number of nitrogens with zero attached hydrogens (tertiary/aromatic N) is 2. The number of alkyl halides is 3. The lowest BCUT2D eigenvalue weighted by atomic mass is 10.00. The second-order valence-electron chi connectivity index (χ2n) is 5.81. The molecule has 0 spiro atoms. The van der Waals surface area contributed by atoms with Crippen LogP contribution in [-0.4, -0.2) is 14.9 Å². The van der Waals surface area contributed by atoms with Gasteiger partial charge in [-0.2, -0.15) is 18.3 Å². The SMILES string of the molecule is Cn1cc(-c2ccc(OCc3ccccc3)cc2CO)c(C(F)(F)F)n1. The first-order valence-electron chi connectivity index (χ1n) is 7.90. The number of benzene rings is 2. The maximum atomic E-state index is 13.2. The van der Waals surface area contributed by atoms with E-state index in [0.29, 0.717) is 17.9 Å². The third-order valence-corrected chi connectivity index (χ3v) is 3.88. The molecule has 0 aliphatic heterocycles. The quantitative estimate of drug-likeness (QED) is 0.741. The Labute approximate surface area is 148 Å². The fourth-order valence-corrected chi connectivity index (χ4v) is 2.69. The first-order chi connectivity index (χ1) is 12.4. The van der Waals surface area contributed by atoms with Crippen molar-refractivity contribution in [2.45, 2.75) is 19.4 Å². The van der Waals surface area contributed by atoms with Crippen LogP contribution in [0.2, 0.25) is 0 Å². The fraction of sp³-hybridized carbons (Fsp3) is 0.211. The number of hydrogen-bond donors (Lipinski definition) is 1. The number of ether oxygens (including phenoxy) is 1. The summed E-state index contributed by atoms with van der Waals surface area (Å²) in [4.78, 5) is 0. The molecule has 0 saturated heterocycles. The topological polar surface area (TPSA) is 47.3 Å². The van der Waals surface area contributed by atoms with Crippen LogP contribution in [0.25, 0.3) is 11.1 Å². The predicted octanol–water partition coefficient (Wildman–Crippen LogP) is 4.18. The van der Waals surface area contributed by atoms with Gasteiger partial charge < -0.3 is 9.84 Å². The van der Waals surface area contributed by atoms with Crippen LogP contribution in [0.4, 0.5) is 13.2 Å². The molecule has 0 unspecified atom stereocenters. The molecule has 1 N–H and O–H groups in total. The van der Waals surface area contributed by atoms with Gasteiger partial charge in [-0.15, -0.1) is 0 Å². The van der Waals surface area contributed by atoms with Gasteiger partial charge in [0.25, 0.3) is 0 Å². The highest BCUT2D eigenvalue weighted by molar-refractivity contribution is 5.70. The van der Waals surface area contributed by atoms with Gasteiger partial charge in [-0.05, 0) is 28.8 Å². The molecule has 0 amide bonds. The first kappa shape index (κ1) is 18.0. The zero-order chi connectivity index (χ0) is 18.7. The second kappa shape index (κ2) is 7.21. The molecule has 26 heavy (non-hydrogen) atoms. The summed E-state index contributed by atoms with van der Waals surface area (Å²) >= 11 is 0. The average molecular weight is 362 g/mol. The Bertz CT molecular complexity index is 890. The summed E-state index contributed by atoms with van der Waals surface area (Å²) in [6.07, 6.45) is -3.28. The van der Waals surface area contributed by atoms with Crippen molar-refractivity contribution in [3.05, 3.63) is 71.5 Å². The number of halogens is 3. The van der Waals surface area contributed by atoms with Crippen LogP contribution in [0, 0.1) is 0 Å². The predicted molar refractivity (Wildman–Crippen MR) is 90.3 cm³/mol. The summed E-state index contributed by atoms with van der Waals surface area (Å²) in [5, 5.41) is 13.1. The Morgan fingerprint density at radius 3 is 2.46 bits per heavy atom. The normalized spacial score (nSPS) is 11.6. The van der Waals surface area contributed by atoms with Gasteiger partial charge in [0, 0.05) is 18.8 Å². The molecule has 0 radical (unpaired) electrons. The van der Waals surface area contributed by atoms with E-state index in [9.17, 15) is 18.3 Å². The van der Waals surface area contributed by atoms with Crippen LogP contribution in [-0.2, 0) is 26.4 Å². The average Bonchev–Trinajstić information content (AvgIpc) is 3.02. The molecule has 0 aliphatic carbocycles. The van der Waals surface area contributed by atoms with E-state index >= 15 is 0 Å². The molecule has 7 heteroatoms. The van der Waals surface area contributed by atoms with Gasteiger partial charge in [0.2, 0.25) is 0 Å². The van der Waals surface area contributed by atoms with Crippen molar-refractivity contribution in [1.29, 1.82) is 0 Å². The molecule has 3 rings (SSSR count). The number of aryl methyl sites for hydroxylation is 1. The Hall–Kier alpha value is -2.80. The third kappa shape index (κ3) is 3.88. The molecule has 0 bridgehead atoms. The molecule has 2 aromatic carbocycles. The molecule has 136 valence electrons. The van der Waals surface area contributed by atoms with E-state index in [4.69, 9.17) is 4.74 Å². The van der Waals surface area contributed by atoms with Crippen LogP contribution in [0.5, 0.6) is 5.75 Å². The van der Waals surface area contributed by atoms with Gasteiger partial charge >= 0.3 is 6.18 Å². The molecule has 0 aliphatic rings. The summed E-state index contributed by atoms with van der Waals surface area (Å²) in [5.41, 5.74) is 0.536. The van der Waals surface area contributed by atoms with E-state index in [2.05, 4.69) is 5.10 Å². The zero-order valence-corrected chi connectivity index (χ0v) is 14.0. The van der Waals surface area contributed by atoms with Gasteiger partial charge in [0.1, 0.15) is 12.4 Å². The lowest BCUT2D eigenvalue weighted by Crippen LogP contribution is -2.08. The van der Waals surface area contributed by atoms with Crippen molar-refractivity contribution in [3.8, 4) is 16.9 Å². The Morgan fingerprint density at radius 2 is 1.81 bits per heavy atom. The summed E-state index contributed by atoms with van der Waals surface area (Å²) in [7, 11) is 1.43. The number of rotatable bonds is 5. The van der Waals surface area contributed by atoms with Crippen molar-refractivity contribution in [1.82, 2.24) is 9.78 Å². The lowest BCUT2D eigenvalue weighted by molar-refractivity contribution is -0.140. The maximum absolute atomic E-state index is 13.2. The molecule has 0 atom stereocenters. The van der Waals surface area contributed by atoms with Crippen molar-refractivity contribution in [2.75, 3.05) is 0 Å². The Kier molecular flexibility index (Phi) is 4.99. The van der Waals surface area contributed by atoms with E-state index in [1.54, 1.807) is 12.1 Å². The summed E-state index contributed by atoms with van der Waals surface area (Å²) in [6.45, 7) is -0.0875. The van der Waals surface area contributed by atoms with E-state index in [-0.39, 0.29) is 11.1 Å². The second-order valence-corrected chi connectivity index (χ2v) is 5.81. The summed E-state index contributed by atoms with van der Waals surface area (Å²) < 4.78 is 46.4. The van der Waals surface area contributed by atoms with Crippen molar-refractivity contribution < 1.29 is 23.0 Å². The molecule has 0 saturated carbocycles. The smallest absolute Gasteiger partial charge is 0.435 e. The van der Waals surface area contributed by atoms with Crippen LogP contribution in [0.15, 0.2) is 54.7 Å². The molecular weight excluding hydrogens is 345 g/mol. The molecule has 0 fully saturated rings. The van der Waals surface area contributed by atoms with Crippen LogP contribution >= 0.6 is 0 Å². The number of hydrogen-bond acceptors (Lipinski definition) is 3. The fourth-order valence-electron chi connectivity index (χ4n) is 2.69. The van der Waals surface area contributed by atoms with Crippen molar-refractivity contribution in [3.63, 3.8) is 0 Å². The zero-order valence-electron chi connectivity index (χ0n) is 14.0. The first-order valence-corrected chi connectivity index (χ1v) is 7.90. The van der Waals surface area contributed by atoms with Gasteiger partial charge in [-0.1, -0.05) is 36.4 Å². The summed E-state index contributed by atoms with van der Waals surface area (Å²) in [5.74, 6) is 0.471.